The molecular formula is C21H19N3O4S. The molecule has 148 valence electrons. The Kier molecular flexibility index (Phi) is 5.44. The van der Waals surface area contributed by atoms with E-state index in [4.69, 9.17) is 4.42 Å². The Morgan fingerprint density at radius 1 is 0.828 bits per heavy atom. The third-order valence-corrected chi connectivity index (χ3v) is 5.66. The molecule has 0 unspecified atom stereocenters. The average Bonchev–Trinajstić information content (AvgIpc) is 3.46. The van der Waals surface area contributed by atoms with Crippen LogP contribution in [0.4, 0.5) is 5.00 Å². The molecule has 0 bridgehead atoms. The lowest BCUT2D eigenvalue weighted by atomic mass is 10.2. The monoisotopic (exact) mass is 409 g/mol. The molecular weight excluding hydrogens is 390 g/mol. The lowest BCUT2D eigenvalue weighted by Gasteiger charge is -2.34. The second-order valence-corrected chi connectivity index (χ2v) is 7.63. The van der Waals surface area contributed by atoms with Gasteiger partial charge in [-0.2, -0.15) is 0 Å². The second-order valence-electron chi connectivity index (χ2n) is 6.55. The van der Waals surface area contributed by atoms with Crippen LogP contribution in [0, 0.1) is 0 Å². The smallest absolute Gasteiger partial charge is 0.291 e. The van der Waals surface area contributed by atoms with Crippen molar-refractivity contribution in [1.29, 1.82) is 0 Å². The molecule has 1 aliphatic heterocycles. The Bertz CT molecular complexity index is 1010. The zero-order chi connectivity index (χ0) is 20.2. The quantitative estimate of drug-likeness (QED) is 0.717. The third-order valence-electron chi connectivity index (χ3n) is 4.67. The number of amides is 3. The first-order valence-corrected chi connectivity index (χ1v) is 10.0. The van der Waals surface area contributed by atoms with Crippen molar-refractivity contribution in [2.45, 2.75) is 0 Å². The third kappa shape index (κ3) is 4.22. The number of anilines is 1. The number of hydrogen-bond acceptors (Lipinski definition) is 5. The molecule has 3 aromatic rings. The van der Waals surface area contributed by atoms with E-state index in [0.29, 0.717) is 41.6 Å². The number of nitrogens with one attached hydrogen (secondary N) is 1. The number of benzene rings is 1. The topological polar surface area (TPSA) is 82.9 Å². The van der Waals surface area contributed by atoms with Crippen molar-refractivity contribution >= 4 is 34.1 Å². The van der Waals surface area contributed by atoms with E-state index >= 15 is 0 Å². The summed E-state index contributed by atoms with van der Waals surface area (Å²) in [7, 11) is 0. The zero-order valence-electron chi connectivity index (χ0n) is 15.5. The predicted molar refractivity (Wildman–Crippen MR) is 109 cm³/mol. The van der Waals surface area contributed by atoms with Crippen LogP contribution in [0.1, 0.15) is 30.6 Å². The van der Waals surface area contributed by atoms with Gasteiger partial charge in [-0.25, -0.2) is 0 Å². The Labute approximate surface area is 171 Å². The molecule has 8 heteroatoms. The first-order chi connectivity index (χ1) is 14.1. The number of carbonyl (C=O) groups excluding carboxylic acids is 3. The van der Waals surface area contributed by atoms with Crippen LogP contribution in [-0.2, 0) is 0 Å². The number of hydrogen-bond donors (Lipinski definition) is 1. The molecule has 3 amide bonds. The Morgan fingerprint density at radius 3 is 2.17 bits per heavy atom. The van der Waals surface area contributed by atoms with E-state index in [1.54, 1.807) is 46.2 Å². The summed E-state index contributed by atoms with van der Waals surface area (Å²) < 4.78 is 5.06. The number of piperazine rings is 1. The number of thiophene rings is 1. The van der Waals surface area contributed by atoms with Gasteiger partial charge in [0.2, 0.25) is 0 Å². The SMILES string of the molecule is O=C(Nc1ccc(C(=O)N2CCN(C(=O)c3ccccc3)CC2)s1)c1ccco1. The summed E-state index contributed by atoms with van der Waals surface area (Å²) in [5, 5.41) is 3.30. The standard InChI is InChI=1S/C21H19N3O4S/c25-19(16-7-4-14-28-16)22-18-9-8-17(29-18)21(27)24-12-10-23(11-13-24)20(26)15-5-2-1-3-6-15/h1-9,14H,10-13H2,(H,22,25). The fourth-order valence-corrected chi connectivity index (χ4v) is 4.00. The number of carbonyl (C=O) groups is 3. The Morgan fingerprint density at radius 2 is 1.52 bits per heavy atom. The minimum absolute atomic E-state index is 0.0169. The van der Waals surface area contributed by atoms with Crippen LogP contribution < -0.4 is 5.32 Å². The van der Waals surface area contributed by atoms with Gasteiger partial charge < -0.3 is 19.5 Å². The van der Waals surface area contributed by atoms with E-state index in [2.05, 4.69) is 5.32 Å². The molecule has 1 aliphatic rings. The lowest BCUT2D eigenvalue weighted by Crippen LogP contribution is -2.50. The van der Waals surface area contributed by atoms with Crippen LogP contribution in [0.3, 0.4) is 0 Å². The minimum atomic E-state index is -0.358. The van der Waals surface area contributed by atoms with Crippen molar-refractivity contribution in [3.8, 4) is 0 Å². The highest BCUT2D eigenvalue weighted by Crippen LogP contribution is 2.24. The van der Waals surface area contributed by atoms with E-state index in [1.807, 2.05) is 18.2 Å². The van der Waals surface area contributed by atoms with Crippen LogP contribution in [0.2, 0.25) is 0 Å². The van der Waals surface area contributed by atoms with Gasteiger partial charge in [0, 0.05) is 31.7 Å². The van der Waals surface area contributed by atoms with Gasteiger partial charge in [-0.1, -0.05) is 18.2 Å². The summed E-state index contributed by atoms with van der Waals surface area (Å²) >= 11 is 1.22. The van der Waals surface area contributed by atoms with Crippen LogP contribution in [0.5, 0.6) is 0 Å². The van der Waals surface area contributed by atoms with Crippen molar-refractivity contribution < 1.29 is 18.8 Å². The molecule has 1 N–H and O–H groups in total. The molecule has 1 saturated heterocycles. The molecule has 2 aromatic heterocycles. The van der Waals surface area contributed by atoms with Crippen molar-refractivity contribution in [3.63, 3.8) is 0 Å². The molecule has 0 saturated carbocycles. The van der Waals surface area contributed by atoms with Gasteiger partial charge in [-0.15, -0.1) is 11.3 Å². The first-order valence-electron chi connectivity index (χ1n) is 9.20. The molecule has 29 heavy (non-hydrogen) atoms. The van der Waals surface area contributed by atoms with Gasteiger partial charge in [-0.05, 0) is 36.4 Å². The molecule has 1 fully saturated rings. The normalized spacial score (nSPS) is 13.9. The van der Waals surface area contributed by atoms with Gasteiger partial charge in [0.15, 0.2) is 5.76 Å². The molecule has 1 aromatic carbocycles. The molecule has 7 nitrogen and oxygen atoms in total. The molecule has 0 spiro atoms. The highest BCUT2D eigenvalue weighted by molar-refractivity contribution is 7.18. The summed E-state index contributed by atoms with van der Waals surface area (Å²) in [5.74, 6) is -0.258. The van der Waals surface area contributed by atoms with Gasteiger partial charge in [0.1, 0.15) is 0 Å². The van der Waals surface area contributed by atoms with Crippen LogP contribution in [0.15, 0.2) is 65.3 Å². The minimum Gasteiger partial charge on any atom is -0.459 e. The molecule has 0 atom stereocenters. The van der Waals surface area contributed by atoms with Crippen LogP contribution in [-0.4, -0.2) is 53.7 Å². The molecule has 4 rings (SSSR count). The van der Waals surface area contributed by atoms with Gasteiger partial charge in [-0.3, -0.25) is 14.4 Å². The highest BCUT2D eigenvalue weighted by Gasteiger charge is 2.26. The van der Waals surface area contributed by atoms with Gasteiger partial charge >= 0.3 is 0 Å². The number of nitrogens with zero attached hydrogens (tertiary/aromatic N) is 2. The number of furan rings is 1. The van der Waals surface area contributed by atoms with E-state index in [9.17, 15) is 14.4 Å². The molecule has 0 aliphatic carbocycles. The average molecular weight is 409 g/mol. The summed E-state index contributed by atoms with van der Waals surface area (Å²) in [4.78, 5) is 41.4. The zero-order valence-corrected chi connectivity index (χ0v) is 16.4. The molecule has 3 heterocycles. The summed E-state index contributed by atoms with van der Waals surface area (Å²) in [6.45, 7) is 1.94. The van der Waals surface area contributed by atoms with E-state index in [1.165, 1.54) is 17.6 Å². The second kappa shape index (κ2) is 8.32. The maximum Gasteiger partial charge on any atom is 0.291 e. The lowest BCUT2D eigenvalue weighted by molar-refractivity contribution is 0.0538. The largest absolute Gasteiger partial charge is 0.459 e. The fourth-order valence-electron chi connectivity index (χ4n) is 3.13. The van der Waals surface area contributed by atoms with E-state index < -0.39 is 0 Å². The predicted octanol–water partition coefficient (Wildman–Crippen LogP) is 3.19. The van der Waals surface area contributed by atoms with E-state index in [-0.39, 0.29) is 23.5 Å². The summed E-state index contributed by atoms with van der Waals surface area (Å²) in [5.41, 5.74) is 0.655. The maximum atomic E-state index is 12.8. The highest BCUT2D eigenvalue weighted by atomic mass is 32.1. The number of rotatable bonds is 4. The Balaban J connectivity index is 1.33. The Hall–Kier alpha value is -3.39. The van der Waals surface area contributed by atoms with Crippen molar-refractivity contribution in [1.82, 2.24) is 9.80 Å². The summed E-state index contributed by atoms with van der Waals surface area (Å²) in [6, 6.07) is 15.8. The van der Waals surface area contributed by atoms with Gasteiger partial charge in [0.05, 0.1) is 16.1 Å². The fraction of sp³-hybridized carbons (Fsp3) is 0.190. The van der Waals surface area contributed by atoms with Crippen LogP contribution in [0.25, 0.3) is 0 Å². The van der Waals surface area contributed by atoms with Gasteiger partial charge in [0.25, 0.3) is 17.7 Å². The van der Waals surface area contributed by atoms with E-state index in [0.717, 1.165) is 0 Å². The summed E-state index contributed by atoms with van der Waals surface area (Å²) in [6.07, 6.45) is 1.43. The first kappa shape index (κ1) is 18.9. The molecule has 0 radical (unpaired) electrons. The van der Waals surface area contributed by atoms with Crippen molar-refractivity contribution in [2.75, 3.05) is 31.5 Å². The maximum absolute atomic E-state index is 12.8. The van der Waals surface area contributed by atoms with Crippen molar-refractivity contribution in [3.05, 3.63) is 77.1 Å². The van der Waals surface area contributed by atoms with Crippen molar-refractivity contribution in [2.24, 2.45) is 0 Å². The van der Waals surface area contributed by atoms with Crippen LogP contribution >= 0.6 is 11.3 Å².